The number of nitrogens with one attached hydrogen (secondary N) is 1. The molecule has 0 spiro atoms. The van der Waals surface area contributed by atoms with Crippen LogP contribution in [0.1, 0.15) is 52.4 Å². The number of hydrogen-bond donors (Lipinski definition) is 2. The van der Waals surface area contributed by atoms with E-state index in [0.29, 0.717) is 12.3 Å². The summed E-state index contributed by atoms with van der Waals surface area (Å²) in [4.78, 5) is 36.3. The van der Waals surface area contributed by atoms with Gasteiger partial charge in [0.25, 0.3) is 0 Å². The van der Waals surface area contributed by atoms with Gasteiger partial charge in [0.2, 0.25) is 11.8 Å². The maximum Gasteiger partial charge on any atom is 0.308 e. The Hall–Kier alpha value is -1.59. The number of rotatable bonds is 7. The highest BCUT2D eigenvalue weighted by Gasteiger charge is 2.24. The van der Waals surface area contributed by atoms with Gasteiger partial charge in [-0.3, -0.25) is 14.4 Å². The van der Waals surface area contributed by atoms with Crippen LogP contribution in [0.5, 0.6) is 0 Å². The molecule has 0 aromatic carbocycles. The molecule has 2 N–H and O–H groups in total. The van der Waals surface area contributed by atoms with Gasteiger partial charge >= 0.3 is 5.97 Å². The molecule has 126 valence electrons. The number of amides is 2. The molecule has 1 aliphatic carbocycles. The summed E-state index contributed by atoms with van der Waals surface area (Å²) < 4.78 is 0. The van der Waals surface area contributed by atoms with E-state index in [4.69, 9.17) is 5.11 Å². The Kier molecular flexibility index (Phi) is 7.35. The lowest BCUT2D eigenvalue weighted by molar-refractivity contribution is -0.143. The lowest BCUT2D eigenvalue weighted by Gasteiger charge is -2.25. The van der Waals surface area contributed by atoms with E-state index in [1.54, 1.807) is 20.9 Å². The van der Waals surface area contributed by atoms with E-state index in [2.05, 4.69) is 5.32 Å². The predicted molar refractivity (Wildman–Crippen MR) is 83.2 cm³/mol. The SMILES string of the molecule is CC(CN(C)C(=O)C(C)NC(=O)CC1CCCCC1)C(=O)O. The first kappa shape index (κ1) is 18.5. The first-order valence-corrected chi connectivity index (χ1v) is 8.08. The number of carboxylic acid groups (broad SMARTS) is 1. The maximum atomic E-state index is 12.1. The van der Waals surface area contributed by atoms with E-state index in [0.717, 1.165) is 12.8 Å². The quantitative estimate of drug-likeness (QED) is 0.748. The highest BCUT2D eigenvalue weighted by molar-refractivity contribution is 5.87. The lowest BCUT2D eigenvalue weighted by Crippen LogP contribution is -2.47. The Morgan fingerprint density at radius 1 is 1.18 bits per heavy atom. The molecule has 0 bridgehead atoms. The summed E-state index contributed by atoms with van der Waals surface area (Å²) in [5.41, 5.74) is 0. The molecule has 0 radical (unpaired) electrons. The van der Waals surface area contributed by atoms with Gasteiger partial charge in [0.05, 0.1) is 5.92 Å². The average molecular weight is 312 g/mol. The van der Waals surface area contributed by atoms with Crippen LogP contribution in [0, 0.1) is 11.8 Å². The number of likely N-dealkylation sites (N-methyl/N-ethyl adjacent to an activating group) is 1. The fraction of sp³-hybridized carbons (Fsp3) is 0.812. The maximum absolute atomic E-state index is 12.1. The highest BCUT2D eigenvalue weighted by atomic mass is 16.4. The summed E-state index contributed by atoms with van der Waals surface area (Å²) in [7, 11) is 1.56. The second kappa shape index (κ2) is 8.76. The van der Waals surface area contributed by atoms with Crippen LogP contribution in [0.2, 0.25) is 0 Å². The molecule has 0 aliphatic heterocycles. The minimum absolute atomic E-state index is 0.0903. The number of carboxylic acids is 1. The molecule has 6 heteroatoms. The molecule has 1 saturated carbocycles. The van der Waals surface area contributed by atoms with Crippen molar-refractivity contribution < 1.29 is 19.5 Å². The van der Waals surface area contributed by atoms with Gasteiger partial charge in [-0.1, -0.05) is 26.2 Å². The van der Waals surface area contributed by atoms with Gasteiger partial charge in [0.1, 0.15) is 6.04 Å². The van der Waals surface area contributed by atoms with Crippen molar-refractivity contribution in [2.45, 2.75) is 58.4 Å². The number of aliphatic carboxylic acids is 1. The number of nitrogens with zero attached hydrogens (tertiary/aromatic N) is 1. The van der Waals surface area contributed by atoms with Crippen molar-refractivity contribution in [3.05, 3.63) is 0 Å². The van der Waals surface area contributed by atoms with Crippen LogP contribution in [0.15, 0.2) is 0 Å². The van der Waals surface area contributed by atoms with Crippen molar-refractivity contribution >= 4 is 17.8 Å². The van der Waals surface area contributed by atoms with E-state index in [-0.39, 0.29) is 18.4 Å². The lowest BCUT2D eigenvalue weighted by atomic mass is 9.87. The van der Waals surface area contributed by atoms with Crippen molar-refractivity contribution in [3.63, 3.8) is 0 Å². The molecule has 1 aliphatic rings. The molecule has 22 heavy (non-hydrogen) atoms. The van der Waals surface area contributed by atoms with Crippen molar-refractivity contribution in [1.82, 2.24) is 10.2 Å². The highest BCUT2D eigenvalue weighted by Crippen LogP contribution is 2.26. The molecular weight excluding hydrogens is 284 g/mol. The van der Waals surface area contributed by atoms with Gasteiger partial charge < -0.3 is 15.3 Å². The topological polar surface area (TPSA) is 86.7 Å². The standard InChI is InChI=1S/C16H28N2O4/c1-11(16(21)22)10-18(3)15(20)12(2)17-14(19)9-13-7-5-4-6-8-13/h11-13H,4-10H2,1-3H3,(H,17,19)(H,21,22). The Balaban J connectivity index is 2.38. The molecule has 6 nitrogen and oxygen atoms in total. The molecule has 0 aromatic heterocycles. The first-order valence-electron chi connectivity index (χ1n) is 8.08. The Bertz CT molecular complexity index is 405. The average Bonchev–Trinajstić information content (AvgIpc) is 2.46. The molecule has 1 rings (SSSR count). The van der Waals surface area contributed by atoms with Gasteiger partial charge in [-0.15, -0.1) is 0 Å². The van der Waals surface area contributed by atoms with Crippen LogP contribution in [0.3, 0.4) is 0 Å². The fourth-order valence-electron chi connectivity index (χ4n) is 2.93. The molecule has 0 heterocycles. The van der Waals surface area contributed by atoms with Crippen LogP contribution in [-0.2, 0) is 14.4 Å². The van der Waals surface area contributed by atoms with Gasteiger partial charge in [0.15, 0.2) is 0 Å². The largest absolute Gasteiger partial charge is 0.481 e. The minimum Gasteiger partial charge on any atom is -0.481 e. The van der Waals surface area contributed by atoms with Crippen LogP contribution >= 0.6 is 0 Å². The van der Waals surface area contributed by atoms with E-state index in [1.807, 2.05) is 0 Å². The molecule has 1 fully saturated rings. The summed E-state index contributed by atoms with van der Waals surface area (Å²) in [6.07, 6.45) is 6.27. The molecule has 2 amide bonds. The molecule has 2 unspecified atom stereocenters. The number of carbonyl (C=O) groups excluding carboxylic acids is 2. The zero-order chi connectivity index (χ0) is 16.7. The summed E-state index contributed by atoms with van der Waals surface area (Å²) in [5, 5.41) is 11.6. The minimum atomic E-state index is -0.936. The zero-order valence-electron chi connectivity index (χ0n) is 13.8. The van der Waals surface area contributed by atoms with E-state index < -0.39 is 17.9 Å². The zero-order valence-corrected chi connectivity index (χ0v) is 13.8. The summed E-state index contributed by atoms with van der Waals surface area (Å²) >= 11 is 0. The summed E-state index contributed by atoms with van der Waals surface area (Å²) in [5.74, 6) is -1.48. The fourth-order valence-corrected chi connectivity index (χ4v) is 2.93. The normalized spacial score (nSPS) is 18.3. The third kappa shape index (κ3) is 6.03. The van der Waals surface area contributed by atoms with Crippen LogP contribution in [0.25, 0.3) is 0 Å². The monoisotopic (exact) mass is 312 g/mol. The van der Waals surface area contributed by atoms with E-state index in [9.17, 15) is 14.4 Å². The first-order chi connectivity index (χ1) is 10.3. The van der Waals surface area contributed by atoms with Crippen molar-refractivity contribution in [2.24, 2.45) is 11.8 Å². The van der Waals surface area contributed by atoms with Crippen LogP contribution in [-0.4, -0.2) is 47.4 Å². The van der Waals surface area contributed by atoms with Gasteiger partial charge in [-0.05, 0) is 25.7 Å². The Morgan fingerprint density at radius 2 is 1.77 bits per heavy atom. The summed E-state index contributed by atoms with van der Waals surface area (Å²) in [6, 6.07) is -0.623. The van der Waals surface area contributed by atoms with E-state index in [1.165, 1.54) is 24.2 Å². The van der Waals surface area contributed by atoms with Crippen molar-refractivity contribution in [2.75, 3.05) is 13.6 Å². The Labute approximate surface area is 132 Å². The van der Waals surface area contributed by atoms with E-state index >= 15 is 0 Å². The molecule has 2 atom stereocenters. The smallest absolute Gasteiger partial charge is 0.308 e. The van der Waals surface area contributed by atoms with Crippen LogP contribution in [0.4, 0.5) is 0 Å². The summed E-state index contributed by atoms with van der Waals surface area (Å²) in [6.45, 7) is 3.33. The van der Waals surface area contributed by atoms with Crippen LogP contribution < -0.4 is 5.32 Å². The van der Waals surface area contributed by atoms with Crippen molar-refractivity contribution in [1.29, 1.82) is 0 Å². The Morgan fingerprint density at radius 3 is 2.32 bits per heavy atom. The second-order valence-corrected chi connectivity index (χ2v) is 6.46. The third-order valence-electron chi connectivity index (χ3n) is 4.29. The van der Waals surface area contributed by atoms with Gasteiger partial charge in [0, 0.05) is 20.0 Å². The van der Waals surface area contributed by atoms with Gasteiger partial charge in [-0.2, -0.15) is 0 Å². The second-order valence-electron chi connectivity index (χ2n) is 6.46. The van der Waals surface area contributed by atoms with Gasteiger partial charge in [-0.25, -0.2) is 0 Å². The molecular formula is C16H28N2O4. The molecule has 0 saturated heterocycles. The predicted octanol–water partition coefficient (Wildman–Crippen LogP) is 1.64. The molecule has 0 aromatic rings. The third-order valence-corrected chi connectivity index (χ3v) is 4.29. The van der Waals surface area contributed by atoms with Crippen molar-refractivity contribution in [3.8, 4) is 0 Å². The number of carbonyl (C=O) groups is 3. The number of hydrogen-bond acceptors (Lipinski definition) is 3.